The van der Waals surface area contributed by atoms with Crippen LogP contribution in [0.1, 0.15) is 72.1 Å². The van der Waals surface area contributed by atoms with E-state index in [1.54, 1.807) is 5.57 Å². The number of rotatable bonds is 8. The van der Waals surface area contributed by atoms with Crippen LogP contribution in [0.2, 0.25) is 0 Å². The topological polar surface area (TPSA) is 20.2 Å². The van der Waals surface area contributed by atoms with Crippen molar-refractivity contribution in [2.75, 3.05) is 6.61 Å². The molecule has 2 atom stereocenters. The van der Waals surface area contributed by atoms with Gasteiger partial charge >= 0.3 is 0 Å². The molecule has 2 unspecified atom stereocenters. The van der Waals surface area contributed by atoms with Crippen molar-refractivity contribution < 1.29 is 5.11 Å². The summed E-state index contributed by atoms with van der Waals surface area (Å²) in [4.78, 5) is 0. The maximum absolute atomic E-state index is 9.19. The Hall–Kier alpha value is -1.60. The van der Waals surface area contributed by atoms with Gasteiger partial charge in [-0.15, -0.1) is 0 Å². The molecule has 0 aliphatic heterocycles. The first-order valence-corrected chi connectivity index (χ1v) is 10.9. The molecule has 0 radical (unpaired) electrons. The predicted molar refractivity (Wildman–Crippen MR) is 117 cm³/mol. The fourth-order valence-electron chi connectivity index (χ4n) is 4.55. The number of hydrogen-bond acceptors (Lipinski definition) is 1. The van der Waals surface area contributed by atoms with Gasteiger partial charge in [0.05, 0.1) is 0 Å². The van der Waals surface area contributed by atoms with Crippen molar-refractivity contribution in [2.45, 2.75) is 72.1 Å². The molecule has 0 heterocycles. The first-order valence-electron chi connectivity index (χ1n) is 10.9. The number of allylic oxidation sites excluding steroid dienone is 12. The molecule has 3 rings (SSSR count). The zero-order valence-corrected chi connectivity index (χ0v) is 17.4. The van der Waals surface area contributed by atoms with Crippen molar-refractivity contribution in [3.63, 3.8) is 0 Å². The van der Waals surface area contributed by atoms with E-state index in [1.165, 1.54) is 47.1 Å². The molecule has 1 heteroatoms. The summed E-state index contributed by atoms with van der Waals surface area (Å²) in [6.45, 7) is 7.10. The van der Waals surface area contributed by atoms with Crippen LogP contribution in [0.5, 0.6) is 0 Å². The summed E-state index contributed by atoms with van der Waals surface area (Å²) in [5.74, 6) is 1.42. The Kier molecular flexibility index (Phi) is 7.13. The van der Waals surface area contributed by atoms with Crippen LogP contribution in [0.4, 0.5) is 0 Å². The lowest BCUT2D eigenvalue weighted by atomic mass is 9.86. The van der Waals surface area contributed by atoms with Crippen LogP contribution in [-0.4, -0.2) is 11.7 Å². The molecular formula is C26H36O. The van der Waals surface area contributed by atoms with Crippen LogP contribution >= 0.6 is 0 Å². The molecular weight excluding hydrogens is 328 g/mol. The largest absolute Gasteiger partial charge is 0.396 e. The molecule has 1 N–H and O–H groups in total. The smallest absolute Gasteiger partial charge is 0.0434 e. The summed E-state index contributed by atoms with van der Waals surface area (Å²) in [5, 5.41) is 9.19. The van der Waals surface area contributed by atoms with E-state index < -0.39 is 0 Å². The first kappa shape index (κ1) is 20.1. The molecule has 0 fully saturated rings. The maximum atomic E-state index is 9.19. The van der Waals surface area contributed by atoms with Gasteiger partial charge in [0.1, 0.15) is 0 Å². The van der Waals surface area contributed by atoms with Crippen molar-refractivity contribution in [1.29, 1.82) is 0 Å². The van der Waals surface area contributed by atoms with Crippen molar-refractivity contribution >= 4 is 0 Å². The molecule has 146 valence electrons. The Morgan fingerprint density at radius 2 is 2.04 bits per heavy atom. The minimum absolute atomic E-state index is 0.291. The molecule has 0 aromatic carbocycles. The highest BCUT2D eigenvalue weighted by molar-refractivity contribution is 5.50. The fraction of sp³-hybridized carbons (Fsp3) is 0.538. The Bertz CT molecular complexity index is 723. The Morgan fingerprint density at radius 3 is 2.67 bits per heavy atom. The molecule has 0 aromatic heterocycles. The molecule has 0 aromatic rings. The third kappa shape index (κ3) is 5.23. The van der Waals surface area contributed by atoms with Crippen molar-refractivity contribution in [1.82, 2.24) is 0 Å². The van der Waals surface area contributed by atoms with Gasteiger partial charge in [0.2, 0.25) is 0 Å². The number of aliphatic hydroxyl groups is 1. The van der Waals surface area contributed by atoms with E-state index >= 15 is 0 Å². The summed E-state index contributed by atoms with van der Waals surface area (Å²) in [7, 11) is 0. The SMILES string of the molecule is CC/C(C)=C(\CCCO)CC1=CC(C2=CC=C(C3C=CC(C)C3)CC2)=CC1. The average molecular weight is 365 g/mol. The van der Waals surface area contributed by atoms with Gasteiger partial charge in [-0.3, -0.25) is 0 Å². The van der Waals surface area contributed by atoms with Gasteiger partial charge in [-0.2, -0.15) is 0 Å². The second-order valence-corrected chi connectivity index (χ2v) is 8.55. The minimum atomic E-state index is 0.291. The second-order valence-electron chi connectivity index (χ2n) is 8.55. The quantitative estimate of drug-likeness (QED) is 0.460. The predicted octanol–water partition coefficient (Wildman–Crippen LogP) is 6.99. The lowest BCUT2D eigenvalue weighted by molar-refractivity contribution is 0.288. The summed E-state index contributed by atoms with van der Waals surface area (Å²) < 4.78 is 0. The number of aliphatic hydroxyl groups excluding tert-OH is 1. The van der Waals surface area contributed by atoms with Crippen LogP contribution in [0, 0.1) is 11.8 Å². The summed E-state index contributed by atoms with van der Waals surface area (Å²) in [6.07, 6.45) is 23.3. The third-order valence-corrected chi connectivity index (χ3v) is 6.48. The molecule has 27 heavy (non-hydrogen) atoms. The molecule has 0 saturated heterocycles. The molecule has 3 aliphatic carbocycles. The van der Waals surface area contributed by atoms with Gasteiger partial charge < -0.3 is 5.11 Å². The highest BCUT2D eigenvalue weighted by Gasteiger charge is 2.21. The van der Waals surface area contributed by atoms with Crippen molar-refractivity contribution in [2.24, 2.45) is 11.8 Å². The number of hydrogen-bond donors (Lipinski definition) is 1. The van der Waals surface area contributed by atoms with Crippen LogP contribution < -0.4 is 0 Å². The molecule has 0 saturated carbocycles. The highest BCUT2D eigenvalue weighted by atomic mass is 16.2. The van der Waals surface area contributed by atoms with Gasteiger partial charge in [0.15, 0.2) is 0 Å². The molecule has 0 bridgehead atoms. The highest BCUT2D eigenvalue weighted by Crippen LogP contribution is 2.37. The lowest BCUT2D eigenvalue weighted by Gasteiger charge is -2.19. The normalized spacial score (nSPS) is 25.8. The van der Waals surface area contributed by atoms with Gasteiger partial charge in [0.25, 0.3) is 0 Å². The van der Waals surface area contributed by atoms with E-state index in [9.17, 15) is 5.11 Å². The molecule has 0 spiro atoms. The molecule has 0 amide bonds. The second kappa shape index (κ2) is 9.55. The van der Waals surface area contributed by atoms with Crippen LogP contribution in [0.15, 0.2) is 69.9 Å². The monoisotopic (exact) mass is 364 g/mol. The first-order chi connectivity index (χ1) is 13.1. The standard InChI is InChI=1S/C26H36O/c1-4-20(3)24(6-5-15-27)17-21-8-10-26(18-21)23-13-11-22(12-14-23)25-9-7-19(2)16-25/h7,9-11,13,18-19,25,27H,4-6,8,12,14-17H2,1-3H3/b24-20+. The zero-order chi connectivity index (χ0) is 19.2. The summed E-state index contributed by atoms with van der Waals surface area (Å²) >= 11 is 0. The van der Waals surface area contributed by atoms with Gasteiger partial charge in [-0.25, -0.2) is 0 Å². The Morgan fingerprint density at radius 1 is 1.19 bits per heavy atom. The Labute approximate surface area is 166 Å². The maximum Gasteiger partial charge on any atom is 0.0434 e. The summed E-state index contributed by atoms with van der Waals surface area (Å²) in [6, 6.07) is 0. The molecule has 1 nitrogen and oxygen atoms in total. The van der Waals surface area contributed by atoms with Crippen molar-refractivity contribution in [3.8, 4) is 0 Å². The third-order valence-electron chi connectivity index (χ3n) is 6.48. The molecule has 3 aliphatic rings. The fourth-order valence-corrected chi connectivity index (χ4v) is 4.55. The van der Waals surface area contributed by atoms with E-state index in [1.807, 2.05) is 0 Å². The van der Waals surface area contributed by atoms with E-state index in [0.717, 1.165) is 38.0 Å². The van der Waals surface area contributed by atoms with Gasteiger partial charge in [0, 0.05) is 6.61 Å². The van der Waals surface area contributed by atoms with Crippen LogP contribution in [0.3, 0.4) is 0 Å². The van der Waals surface area contributed by atoms with Gasteiger partial charge in [-0.1, -0.05) is 72.6 Å². The van der Waals surface area contributed by atoms with Crippen LogP contribution in [-0.2, 0) is 0 Å². The minimum Gasteiger partial charge on any atom is -0.396 e. The Balaban J connectivity index is 1.64. The van der Waals surface area contributed by atoms with E-state index in [4.69, 9.17) is 0 Å². The van der Waals surface area contributed by atoms with Crippen molar-refractivity contribution in [3.05, 3.63) is 69.9 Å². The van der Waals surface area contributed by atoms with E-state index in [-0.39, 0.29) is 0 Å². The van der Waals surface area contributed by atoms with Gasteiger partial charge in [-0.05, 0) is 81.3 Å². The average Bonchev–Trinajstić information content (AvgIpc) is 3.33. The zero-order valence-electron chi connectivity index (χ0n) is 17.4. The summed E-state index contributed by atoms with van der Waals surface area (Å²) in [5.41, 5.74) is 9.16. The van der Waals surface area contributed by atoms with E-state index in [0.29, 0.717) is 12.5 Å². The van der Waals surface area contributed by atoms with Crippen LogP contribution in [0.25, 0.3) is 0 Å². The lowest BCUT2D eigenvalue weighted by Crippen LogP contribution is -2.04. The van der Waals surface area contributed by atoms with E-state index in [2.05, 4.69) is 57.2 Å².